The Morgan fingerprint density at radius 1 is 1.60 bits per heavy atom. The van der Waals surface area contributed by atoms with Gasteiger partial charge in [-0.25, -0.2) is 0 Å². The third-order valence-corrected chi connectivity index (χ3v) is 0.136. The molecule has 0 aromatic heterocycles. The van der Waals surface area contributed by atoms with Crippen molar-refractivity contribution >= 4 is 0 Å². The van der Waals surface area contributed by atoms with E-state index >= 15 is 0 Å². The van der Waals surface area contributed by atoms with Gasteiger partial charge >= 0.3 is 0 Å². The van der Waals surface area contributed by atoms with Crippen LogP contribution in [0.3, 0.4) is 0 Å². The lowest BCUT2D eigenvalue weighted by molar-refractivity contribution is 2.11. The average Bonchev–Trinajstić information content (AvgIpc) is 1.37. The summed E-state index contributed by atoms with van der Waals surface area (Å²) in [6.45, 7) is 8.08. The Balaban J connectivity index is 0. The van der Waals surface area contributed by atoms with Crippen LogP contribution in [-0.4, -0.2) is 0 Å². The van der Waals surface area contributed by atoms with Crippen LogP contribution in [0.2, 0.25) is 0 Å². The van der Waals surface area contributed by atoms with E-state index in [1.807, 2.05) is 0 Å². The zero-order valence-electron chi connectivity index (χ0n) is 2.44. The van der Waals surface area contributed by atoms with E-state index in [1.54, 1.807) is 0 Å². The Bertz CT molecular complexity index is 21.0. The Morgan fingerprint density at radius 3 is 1.80 bits per heavy atom. The number of rotatable bonds is 1. The summed E-state index contributed by atoms with van der Waals surface area (Å²) in [4.78, 5) is 0. The highest BCUT2D eigenvalue weighted by Crippen LogP contribution is 1.51. The van der Waals surface area contributed by atoms with Gasteiger partial charge in [0.25, 0.3) is 0 Å². The molecule has 0 saturated heterocycles. The van der Waals surface area contributed by atoms with E-state index in [0.717, 1.165) is 0 Å². The number of hydrogen-bond donors (Lipinski definition) is 0. The Kier molecular flexibility index (Phi) is 17.2. The molecule has 0 amide bonds. The zero-order valence-corrected chi connectivity index (χ0v) is 2.44. The third kappa shape index (κ3) is 33.1. The van der Waals surface area contributed by atoms with Crippen LogP contribution in [0.15, 0.2) is 18.7 Å². The molecule has 0 aliphatic heterocycles. The maximum atomic E-state index is 4.78. The molecule has 5 heavy (non-hydrogen) atoms. The van der Waals surface area contributed by atoms with Crippen molar-refractivity contribution in [3.63, 3.8) is 0 Å². The smallest absolute Gasteiger partial charge is 0.0623 e. The first-order valence-electron chi connectivity index (χ1n) is 1.07. The highest BCUT2D eigenvalue weighted by molar-refractivity contribution is 4.86. The molecule has 0 aromatic rings. The fraction of sp³-hybridized carbons (Fsp3) is 0.200. The van der Waals surface area contributed by atoms with Crippen molar-refractivity contribution in [2.75, 3.05) is 0 Å². The van der Waals surface area contributed by atoms with Gasteiger partial charge in [-0.05, 0) is 0 Å². The van der Waals surface area contributed by atoms with Crippen LogP contribution in [0, 0.1) is 6.58 Å². The first-order valence-corrected chi connectivity index (χ1v) is 1.07. The molecule has 0 nitrogen and oxygen atoms in total. The molecule has 0 bridgehead atoms. The topological polar surface area (TPSA) is 0 Å². The summed E-state index contributed by atoms with van der Waals surface area (Å²) in [6.07, 6.45) is 2.92. The van der Waals surface area contributed by atoms with Crippen molar-refractivity contribution in [3.8, 4) is 0 Å². The van der Waals surface area contributed by atoms with Crippen LogP contribution >= 0.6 is 0 Å². The minimum Gasteiger partial charge on any atom is -0.0991 e. The maximum Gasteiger partial charge on any atom is -0.0623 e. The summed E-state index contributed by atoms with van der Waals surface area (Å²) < 4.78 is 0. The largest absolute Gasteiger partial charge is 0.0991 e. The van der Waals surface area contributed by atoms with Crippen LogP contribution in [0.25, 0.3) is 0 Å². The molecule has 0 spiro atoms. The van der Waals surface area contributed by atoms with Gasteiger partial charge in [-0.2, -0.15) is 0 Å². The Morgan fingerprint density at radius 2 is 1.80 bits per heavy atom. The van der Waals surface area contributed by atoms with Gasteiger partial charge in [-0.15, -0.1) is 0 Å². The molecule has 0 fully saturated rings. The highest BCUT2D eigenvalue weighted by Gasteiger charge is 1.30. The molecule has 1 radical (unpaired) electrons. The van der Waals surface area contributed by atoms with Crippen molar-refractivity contribution in [1.82, 2.24) is 0 Å². The summed E-state index contributed by atoms with van der Waals surface area (Å²) in [7, 11) is 0. The molecule has 0 unspecified atom stereocenters. The van der Waals surface area contributed by atoms with Crippen molar-refractivity contribution in [1.29, 1.82) is 0 Å². The second-order valence-electron chi connectivity index (χ2n) is 0.428. The maximum absolute atomic E-state index is 4.78. The lowest BCUT2D eigenvalue weighted by atomic mass is 10.6. The minimum absolute atomic E-state index is 0. The van der Waals surface area contributed by atoms with Gasteiger partial charge in [0.05, 0.1) is 0 Å². The molecule has 0 aliphatic carbocycles. The lowest BCUT2D eigenvalue weighted by Crippen LogP contribution is -1.22. The molecular formula is C5H9. The molecule has 0 heterocycles. The number of hydrogen-bond acceptors (Lipinski definition) is 0. The molecule has 0 heteroatoms. The summed E-state index contributed by atoms with van der Waals surface area (Å²) in [5.74, 6) is 0. The normalized spacial score (nSPS) is 4.00. The van der Waals surface area contributed by atoms with E-state index in [-0.39, 0.29) is 7.43 Å². The highest BCUT2D eigenvalue weighted by atomic mass is 13.4. The van der Waals surface area contributed by atoms with Crippen molar-refractivity contribution in [3.05, 3.63) is 25.3 Å². The Labute approximate surface area is 33.8 Å². The summed E-state index contributed by atoms with van der Waals surface area (Å²) in [5.41, 5.74) is 0. The predicted molar refractivity (Wildman–Crippen MR) is 25.8 cm³/mol. The molecule has 0 aliphatic rings. The molecule has 0 rings (SSSR count). The van der Waals surface area contributed by atoms with Crippen molar-refractivity contribution in [2.45, 2.75) is 7.43 Å². The fourth-order valence-corrected chi connectivity index (χ4v) is 0. The third-order valence-electron chi connectivity index (χ3n) is 0.136. The number of allylic oxidation sites excluding steroid dienone is 2. The first-order chi connectivity index (χ1) is 1.91. The fourth-order valence-electron chi connectivity index (χ4n) is 0. The lowest BCUT2D eigenvalue weighted by Gasteiger charge is -1.43. The van der Waals surface area contributed by atoms with Gasteiger partial charge < -0.3 is 0 Å². The Hall–Kier alpha value is -0.520. The van der Waals surface area contributed by atoms with Gasteiger partial charge in [-0.3, -0.25) is 0 Å². The van der Waals surface area contributed by atoms with E-state index in [0.29, 0.717) is 0 Å². The molecule has 0 N–H and O–H groups in total. The quantitative estimate of drug-likeness (QED) is 0.412. The minimum atomic E-state index is 0. The van der Waals surface area contributed by atoms with Gasteiger partial charge in [0, 0.05) is 0 Å². The van der Waals surface area contributed by atoms with Gasteiger partial charge in [-0.1, -0.05) is 32.7 Å². The van der Waals surface area contributed by atoms with Crippen molar-refractivity contribution in [2.24, 2.45) is 0 Å². The molecule has 0 atom stereocenters. The summed E-state index contributed by atoms with van der Waals surface area (Å²) in [5, 5.41) is 0. The van der Waals surface area contributed by atoms with E-state index in [9.17, 15) is 0 Å². The van der Waals surface area contributed by atoms with Gasteiger partial charge in [0.2, 0.25) is 0 Å². The molecular weight excluding hydrogens is 60.1 g/mol. The second kappa shape index (κ2) is 9.77. The first kappa shape index (κ1) is 8.82. The predicted octanol–water partition coefficient (Wildman–Crippen LogP) is 1.80. The van der Waals surface area contributed by atoms with E-state index in [4.69, 9.17) is 6.58 Å². The van der Waals surface area contributed by atoms with Crippen LogP contribution in [0.1, 0.15) is 7.43 Å². The van der Waals surface area contributed by atoms with Crippen LogP contribution in [-0.2, 0) is 0 Å². The van der Waals surface area contributed by atoms with Crippen molar-refractivity contribution < 1.29 is 0 Å². The van der Waals surface area contributed by atoms with Crippen LogP contribution in [0.4, 0.5) is 0 Å². The molecule has 0 aromatic carbocycles. The van der Waals surface area contributed by atoms with Gasteiger partial charge in [0.15, 0.2) is 0 Å². The second-order valence-corrected chi connectivity index (χ2v) is 0.428. The summed E-state index contributed by atoms with van der Waals surface area (Å²) >= 11 is 0. The zero-order chi connectivity index (χ0) is 3.41. The van der Waals surface area contributed by atoms with E-state index in [2.05, 4.69) is 6.58 Å². The van der Waals surface area contributed by atoms with Crippen LogP contribution < -0.4 is 0 Å². The van der Waals surface area contributed by atoms with Crippen LogP contribution in [0.5, 0.6) is 0 Å². The standard InChI is InChI=1S/C4H5.CH4/c1-3-4-2;/h1,3-4H,2H2;1H4. The summed E-state index contributed by atoms with van der Waals surface area (Å²) in [6, 6.07) is 0. The SMILES string of the molecule is C.[CH]=CC=C. The van der Waals surface area contributed by atoms with E-state index < -0.39 is 0 Å². The van der Waals surface area contributed by atoms with Gasteiger partial charge in [0.1, 0.15) is 0 Å². The van der Waals surface area contributed by atoms with E-state index in [1.165, 1.54) is 12.2 Å². The monoisotopic (exact) mass is 69.1 g/mol. The molecule has 0 saturated carbocycles. The molecule has 29 valence electrons. The average molecular weight is 69.1 g/mol.